The van der Waals surface area contributed by atoms with Crippen molar-refractivity contribution >= 4 is 34.9 Å². The van der Waals surface area contributed by atoms with Crippen LogP contribution in [0.15, 0.2) is 24.3 Å². The molecular formula is C13H17NO2S2. The van der Waals surface area contributed by atoms with Gasteiger partial charge in [0.05, 0.1) is 12.4 Å². The van der Waals surface area contributed by atoms with E-state index in [1.165, 1.54) is 11.8 Å². The van der Waals surface area contributed by atoms with Crippen LogP contribution in [0.2, 0.25) is 0 Å². The summed E-state index contributed by atoms with van der Waals surface area (Å²) in [5, 5.41) is 0. The first kappa shape index (κ1) is 15.0. The number of thioether (sulfide) groups is 1. The zero-order valence-electron chi connectivity index (χ0n) is 10.3. The number of thiocarbonyl (C=S) groups is 1. The minimum absolute atomic E-state index is 0.172. The number of carbonyl (C=O) groups is 1. The van der Waals surface area contributed by atoms with Gasteiger partial charge in [-0.1, -0.05) is 43.4 Å². The fourth-order valence-corrected chi connectivity index (χ4v) is 2.41. The van der Waals surface area contributed by atoms with E-state index >= 15 is 0 Å². The molecule has 0 radical (unpaired) electrons. The Labute approximate surface area is 117 Å². The van der Waals surface area contributed by atoms with Crippen LogP contribution in [0, 0.1) is 0 Å². The first-order valence-electron chi connectivity index (χ1n) is 5.76. The zero-order valence-corrected chi connectivity index (χ0v) is 12.0. The normalized spacial score (nSPS) is 10.1. The minimum atomic E-state index is -0.172. The molecule has 0 heterocycles. The van der Waals surface area contributed by atoms with Gasteiger partial charge >= 0.3 is 5.97 Å². The summed E-state index contributed by atoms with van der Waals surface area (Å²) in [5.41, 5.74) is 7.57. The summed E-state index contributed by atoms with van der Waals surface area (Å²) in [7, 11) is 0. The molecule has 1 rings (SSSR count). The number of hydrogen-bond acceptors (Lipinski definition) is 4. The number of rotatable bonds is 7. The van der Waals surface area contributed by atoms with Gasteiger partial charge < -0.3 is 10.5 Å². The van der Waals surface area contributed by atoms with Gasteiger partial charge in [-0.15, -0.1) is 11.8 Å². The van der Waals surface area contributed by atoms with E-state index in [0.29, 0.717) is 23.1 Å². The zero-order chi connectivity index (χ0) is 13.4. The van der Waals surface area contributed by atoms with Crippen LogP contribution in [0.1, 0.15) is 24.5 Å². The summed E-state index contributed by atoms with van der Waals surface area (Å²) in [6, 6.07) is 7.71. The third-order valence-corrected chi connectivity index (χ3v) is 3.40. The largest absolute Gasteiger partial charge is 0.465 e. The molecule has 0 aliphatic heterocycles. The number of benzene rings is 1. The van der Waals surface area contributed by atoms with E-state index in [-0.39, 0.29) is 5.97 Å². The minimum Gasteiger partial charge on any atom is -0.465 e. The Morgan fingerprint density at radius 3 is 2.83 bits per heavy atom. The lowest BCUT2D eigenvalue weighted by Crippen LogP contribution is -2.12. The van der Waals surface area contributed by atoms with E-state index in [2.05, 4.69) is 0 Å². The molecule has 18 heavy (non-hydrogen) atoms. The van der Waals surface area contributed by atoms with E-state index in [0.717, 1.165) is 17.5 Å². The molecule has 0 amide bonds. The van der Waals surface area contributed by atoms with E-state index in [1.807, 2.05) is 31.2 Å². The quantitative estimate of drug-likeness (QED) is 0.615. The molecule has 1 aromatic carbocycles. The summed E-state index contributed by atoms with van der Waals surface area (Å²) >= 11 is 6.49. The highest BCUT2D eigenvalue weighted by Gasteiger charge is 2.06. The second-order valence-corrected chi connectivity index (χ2v) is 5.16. The number of carbonyl (C=O) groups excluding carboxylic acids is 1. The summed E-state index contributed by atoms with van der Waals surface area (Å²) in [4.78, 5) is 11.7. The predicted molar refractivity (Wildman–Crippen MR) is 79.7 cm³/mol. The molecule has 1 aromatic rings. The highest BCUT2D eigenvalue weighted by Crippen LogP contribution is 2.16. The first-order chi connectivity index (χ1) is 8.65. The van der Waals surface area contributed by atoms with E-state index in [4.69, 9.17) is 22.7 Å². The Kier molecular flexibility index (Phi) is 6.75. The van der Waals surface area contributed by atoms with Gasteiger partial charge in [0, 0.05) is 11.3 Å². The molecule has 0 spiro atoms. The van der Waals surface area contributed by atoms with Crippen LogP contribution in [-0.4, -0.2) is 23.3 Å². The molecule has 5 heteroatoms. The Balaban J connectivity index is 2.44. The van der Waals surface area contributed by atoms with Crippen molar-refractivity contribution < 1.29 is 9.53 Å². The first-order valence-corrected chi connectivity index (χ1v) is 7.32. The van der Waals surface area contributed by atoms with Gasteiger partial charge in [-0.05, 0) is 12.0 Å². The Bertz CT molecular complexity index is 421. The lowest BCUT2D eigenvalue weighted by Gasteiger charge is -2.07. The van der Waals surface area contributed by atoms with Crippen molar-refractivity contribution in [1.82, 2.24) is 0 Å². The van der Waals surface area contributed by atoms with Gasteiger partial charge in [-0.3, -0.25) is 4.79 Å². The van der Waals surface area contributed by atoms with Crippen LogP contribution in [0.3, 0.4) is 0 Å². The molecule has 0 aliphatic rings. The SMILES string of the molecule is CCCOC(=O)CSCc1ccccc1C(N)=S. The second-order valence-electron chi connectivity index (χ2n) is 3.73. The predicted octanol–water partition coefficient (Wildman–Crippen LogP) is 2.51. The molecule has 0 atom stereocenters. The van der Waals surface area contributed by atoms with Crippen LogP contribution in [0.25, 0.3) is 0 Å². The number of ether oxygens (including phenoxy) is 1. The summed E-state index contributed by atoms with van der Waals surface area (Å²) < 4.78 is 5.00. The van der Waals surface area contributed by atoms with Gasteiger partial charge in [-0.2, -0.15) is 0 Å². The Hall–Kier alpha value is -1.07. The second kappa shape index (κ2) is 8.11. The van der Waals surface area contributed by atoms with Gasteiger partial charge in [0.1, 0.15) is 4.99 Å². The number of nitrogens with two attached hydrogens (primary N) is 1. The van der Waals surface area contributed by atoms with Crippen molar-refractivity contribution in [2.45, 2.75) is 19.1 Å². The number of esters is 1. The average Bonchev–Trinajstić information content (AvgIpc) is 2.36. The molecule has 0 aliphatic carbocycles. The maximum atomic E-state index is 11.3. The molecular weight excluding hydrogens is 266 g/mol. The molecule has 0 unspecified atom stereocenters. The van der Waals surface area contributed by atoms with E-state index < -0.39 is 0 Å². The summed E-state index contributed by atoms with van der Waals surface area (Å²) in [6.45, 7) is 2.46. The van der Waals surface area contributed by atoms with Crippen LogP contribution in [-0.2, 0) is 15.3 Å². The van der Waals surface area contributed by atoms with Gasteiger partial charge in [0.2, 0.25) is 0 Å². The van der Waals surface area contributed by atoms with Crippen LogP contribution < -0.4 is 5.73 Å². The van der Waals surface area contributed by atoms with E-state index in [1.54, 1.807) is 0 Å². The molecule has 98 valence electrons. The highest BCUT2D eigenvalue weighted by atomic mass is 32.2. The maximum absolute atomic E-state index is 11.3. The lowest BCUT2D eigenvalue weighted by molar-refractivity contribution is -0.140. The fraction of sp³-hybridized carbons (Fsp3) is 0.385. The van der Waals surface area contributed by atoms with Crippen molar-refractivity contribution in [1.29, 1.82) is 0 Å². The van der Waals surface area contributed by atoms with Gasteiger partial charge in [-0.25, -0.2) is 0 Å². The average molecular weight is 283 g/mol. The van der Waals surface area contributed by atoms with Crippen LogP contribution >= 0.6 is 24.0 Å². The standard InChI is InChI=1S/C13H17NO2S2/c1-2-7-16-12(15)9-18-8-10-5-3-4-6-11(10)13(14)17/h3-6H,2,7-9H2,1H3,(H2,14,17). The Morgan fingerprint density at radius 1 is 1.44 bits per heavy atom. The molecule has 0 fully saturated rings. The fourth-order valence-electron chi connectivity index (χ4n) is 1.39. The smallest absolute Gasteiger partial charge is 0.315 e. The van der Waals surface area contributed by atoms with Crippen molar-refractivity contribution in [2.24, 2.45) is 5.73 Å². The topological polar surface area (TPSA) is 52.3 Å². The van der Waals surface area contributed by atoms with E-state index in [9.17, 15) is 4.79 Å². The maximum Gasteiger partial charge on any atom is 0.315 e. The van der Waals surface area contributed by atoms with Crippen molar-refractivity contribution in [3.05, 3.63) is 35.4 Å². The summed E-state index contributed by atoms with van der Waals surface area (Å²) in [5.74, 6) is 0.884. The lowest BCUT2D eigenvalue weighted by atomic mass is 10.1. The Morgan fingerprint density at radius 2 is 2.17 bits per heavy atom. The molecule has 0 saturated heterocycles. The molecule has 3 nitrogen and oxygen atoms in total. The van der Waals surface area contributed by atoms with Gasteiger partial charge in [0.15, 0.2) is 0 Å². The molecule has 2 N–H and O–H groups in total. The van der Waals surface area contributed by atoms with Crippen molar-refractivity contribution in [3.8, 4) is 0 Å². The molecule has 0 aromatic heterocycles. The van der Waals surface area contributed by atoms with Crippen LogP contribution in [0.5, 0.6) is 0 Å². The van der Waals surface area contributed by atoms with Gasteiger partial charge in [0.25, 0.3) is 0 Å². The molecule has 0 saturated carbocycles. The van der Waals surface area contributed by atoms with Crippen LogP contribution in [0.4, 0.5) is 0 Å². The van der Waals surface area contributed by atoms with Crippen molar-refractivity contribution in [2.75, 3.05) is 12.4 Å². The summed E-state index contributed by atoms with van der Waals surface area (Å²) in [6.07, 6.45) is 0.848. The molecule has 0 bridgehead atoms. The monoisotopic (exact) mass is 283 g/mol. The third-order valence-electron chi connectivity index (χ3n) is 2.23. The highest BCUT2D eigenvalue weighted by molar-refractivity contribution is 7.99. The third kappa shape index (κ3) is 5.06. The van der Waals surface area contributed by atoms with Crippen molar-refractivity contribution in [3.63, 3.8) is 0 Å². The number of hydrogen-bond donors (Lipinski definition) is 1.